The molecule has 1 aromatic carbocycles. The van der Waals surface area contributed by atoms with Gasteiger partial charge >= 0.3 is 6.09 Å². The molecule has 0 spiro atoms. The summed E-state index contributed by atoms with van der Waals surface area (Å²) in [6.07, 6.45) is 0.449. The predicted molar refractivity (Wildman–Crippen MR) is 127 cm³/mol. The summed E-state index contributed by atoms with van der Waals surface area (Å²) in [6.45, 7) is 2.88. The van der Waals surface area contributed by atoms with Gasteiger partial charge < -0.3 is 19.9 Å². The van der Waals surface area contributed by atoms with E-state index in [4.69, 9.17) is 4.74 Å². The van der Waals surface area contributed by atoms with E-state index in [1.165, 1.54) is 14.5 Å². The molecule has 0 saturated carbocycles. The number of rotatable bonds is 8. The monoisotopic (exact) mass is 507 g/mol. The Kier molecular flexibility index (Phi) is 8.33. The zero-order chi connectivity index (χ0) is 25.6. The lowest BCUT2D eigenvalue weighted by Gasteiger charge is -2.36. The number of aromatic nitrogens is 2. The van der Waals surface area contributed by atoms with Crippen molar-refractivity contribution in [2.75, 3.05) is 44.8 Å². The molecule has 2 aromatic rings. The molecule has 0 unspecified atom stereocenters. The average Bonchev–Trinajstić information content (AvgIpc) is 3.23. The largest absolute Gasteiger partial charge is 0.450 e. The molecule has 13 heteroatoms. The molecule has 2 N–H and O–H groups in total. The van der Waals surface area contributed by atoms with Gasteiger partial charge in [-0.05, 0) is 25.5 Å². The van der Waals surface area contributed by atoms with Gasteiger partial charge in [-0.2, -0.15) is 0 Å². The number of carbonyl (C=O) groups is 3. The van der Waals surface area contributed by atoms with E-state index in [0.717, 1.165) is 12.3 Å². The van der Waals surface area contributed by atoms with Crippen molar-refractivity contribution in [3.05, 3.63) is 52.4 Å². The van der Waals surface area contributed by atoms with Crippen molar-refractivity contribution in [3.63, 3.8) is 0 Å². The average molecular weight is 508 g/mol. The van der Waals surface area contributed by atoms with Crippen LogP contribution in [-0.4, -0.2) is 96.7 Å². The van der Waals surface area contributed by atoms with Crippen molar-refractivity contribution in [2.45, 2.75) is 19.4 Å². The summed E-state index contributed by atoms with van der Waals surface area (Å²) in [5, 5.41) is 5.28. The quantitative estimate of drug-likeness (QED) is 0.510. The Morgan fingerprint density at radius 3 is 2.31 bits per heavy atom. The van der Waals surface area contributed by atoms with Gasteiger partial charge in [0, 0.05) is 38.5 Å². The second kappa shape index (κ2) is 11.2. The Morgan fingerprint density at radius 1 is 1.09 bits per heavy atom. The molecule has 35 heavy (non-hydrogen) atoms. The highest BCUT2D eigenvalue weighted by Crippen LogP contribution is 2.10. The van der Waals surface area contributed by atoms with Crippen LogP contribution in [0.2, 0.25) is 0 Å². The van der Waals surface area contributed by atoms with Crippen molar-refractivity contribution in [3.8, 4) is 5.69 Å². The molecule has 0 aliphatic carbocycles. The van der Waals surface area contributed by atoms with Crippen molar-refractivity contribution >= 4 is 27.7 Å². The van der Waals surface area contributed by atoms with Gasteiger partial charge in [0.15, 0.2) is 0 Å². The summed E-state index contributed by atoms with van der Waals surface area (Å²) in [7, 11) is -3.40. The maximum absolute atomic E-state index is 13.2. The first-order chi connectivity index (χ1) is 16.6. The first-order valence-corrected chi connectivity index (χ1v) is 13.2. The minimum atomic E-state index is -3.40. The number of ether oxygens (including phenoxy) is 1. The van der Waals surface area contributed by atoms with E-state index in [1.807, 2.05) is 0 Å². The second-order valence-electron chi connectivity index (χ2n) is 8.13. The maximum Gasteiger partial charge on any atom is 0.409 e. The van der Waals surface area contributed by atoms with Crippen molar-refractivity contribution in [1.82, 2.24) is 24.9 Å². The van der Waals surface area contributed by atoms with E-state index in [-0.39, 0.29) is 50.7 Å². The Bertz CT molecular complexity index is 1210. The summed E-state index contributed by atoms with van der Waals surface area (Å²) >= 11 is 0. The first-order valence-electron chi connectivity index (χ1n) is 11.2. The van der Waals surface area contributed by atoms with Crippen molar-refractivity contribution < 1.29 is 27.5 Å². The number of hydrogen-bond donors (Lipinski definition) is 2. The lowest BCUT2D eigenvalue weighted by Crippen LogP contribution is -2.56. The zero-order valence-corrected chi connectivity index (χ0v) is 20.4. The summed E-state index contributed by atoms with van der Waals surface area (Å²) in [4.78, 5) is 53.3. The molecular weight excluding hydrogens is 478 g/mol. The Labute approximate surface area is 202 Å². The highest BCUT2D eigenvalue weighted by Gasteiger charge is 2.31. The lowest BCUT2D eigenvalue weighted by molar-refractivity contribution is -0.134. The van der Waals surface area contributed by atoms with Gasteiger partial charge in [0.05, 0.1) is 18.0 Å². The number of sulfone groups is 1. The predicted octanol–water partition coefficient (Wildman–Crippen LogP) is -0.000600. The lowest BCUT2D eigenvalue weighted by atomic mass is 10.1. The van der Waals surface area contributed by atoms with E-state index >= 15 is 0 Å². The fourth-order valence-electron chi connectivity index (χ4n) is 3.65. The molecule has 1 atom stereocenters. The number of carbonyl (C=O) groups excluding carboxylic acids is 3. The molecule has 3 amide bonds. The molecule has 3 rings (SSSR count). The molecule has 2 heterocycles. The van der Waals surface area contributed by atoms with E-state index in [2.05, 4.69) is 10.4 Å². The van der Waals surface area contributed by atoms with Crippen LogP contribution in [0.25, 0.3) is 5.69 Å². The minimum Gasteiger partial charge on any atom is -0.450 e. The van der Waals surface area contributed by atoms with Gasteiger partial charge in [-0.1, -0.05) is 18.2 Å². The number of nitrogens with zero attached hydrogens (tertiary/aromatic N) is 3. The molecule has 1 saturated heterocycles. The summed E-state index contributed by atoms with van der Waals surface area (Å²) in [5.41, 5.74) is -0.000637. The van der Waals surface area contributed by atoms with Gasteiger partial charge in [0.2, 0.25) is 5.91 Å². The van der Waals surface area contributed by atoms with E-state index in [9.17, 15) is 27.6 Å². The summed E-state index contributed by atoms with van der Waals surface area (Å²) < 4.78 is 29.6. The molecule has 0 bridgehead atoms. The van der Waals surface area contributed by atoms with Crippen LogP contribution in [0.15, 0.2) is 41.2 Å². The number of H-pyrrole nitrogens is 1. The number of piperazine rings is 1. The molecular formula is C22H29N5O7S. The topological polar surface area (TPSA) is 151 Å². The first kappa shape index (κ1) is 26.0. The highest BCUT2D eigenvalue weighted by molar-refractivity contribution is 7.90. The third-order valence-corrected chi connectivity index (χ3v) is 6.45. The van der Waals surface area contributed by atoms with Gasteiger partial charge in [-0.25, -0.2) is 17.9 Å². The fourth-order valence-corrected chi connectivity index (χ4v) is 4.31. The number of benzene rings is 1. The molecule has 0 radical (unpaired) electrons. The third-order valence-electron chi connectivity index (χ3n) is 5.48. The Hall–Kier alpha value is -3.61. The fraction of sp³-hybridized carbons (Fsp3) is 0.455. The van der Waals surface area contributed by atoms with Gasteiger partial charge in [0.25, 0.3) is 11.5 Å². The molecule has 12 nitrogen and oxygen atoms in total. The van der Waals surface area contributed by atoms with E-state index in [0.29, 0.717) is 5.69 Å². The van der Waals surface area contributed by atoms with Crippen LogP contribution >= 0.6 is 0 Å². The normalized spacial score (nSPS) is 14.9. The minimum absolute atomic E-state index is 0.0665. The van der Waals surface area contributed by atoms with Crippen LogP contribution in [-0.2, 0) is 19.4 Å². The van der Waals surface area contributed by atoms with Crippen molar-refractivity contribution in [2.24, 2.45) is 0 Å². The number of amides is 3. The Balaban J connectivity index is 1.73. The molecule has 1 fully saturated rings. The maximum atomic E-state index is 13.2. The van der Waals surface area contributed by atoms with Gasteiger partial charge in [0.1, 0.15) is 21.6 Å². The second-order valence-corrected chi connectivity index (χ2v) is 10.4. The highest BCUT2D eigenvalue weighted by atomic mass is 32.2. The van der Waals surface area contributed by atoms with Gasteiger partial charge in [-0.3, -0.25) is 19.5 Å². The SMILES string of the molecule is CCOC(=O)N1CCN(C(=O)[C@H](CCS(C)(=O)=O)NC(=O)c2cc(=O)n(-c3ccccc3)[nH]2)CC1. The standard InChI is InChI=1S/C22H29N5O7S/c1-3-34-22(31)26-12-10-25(11-13-26)21(30)17(9-14-35(2,32)33)23-20(29)18-15-19(28)27(24-18)16-7-5-4-6-8-16/h4-8,15,17,24H,3,9-14H2,1-2H3,(H,23,29)/t17-/m0/s1. The summed E-state index contributed by atoms with van der Waals surface area (Å²) in [6, 6.07) is 8.62. The summed E-state index contributed by atoms with van der Waals surface area (Å²) in [5.74, 6) is -1.49. The van der Waals surface area contributed by atoms with Crippen molar-refractivity contribution in [1.29, 1.82) is 0 Å². The van der Waals surface area contributed by atoms with Crippen LogP contribution in [0.5, 0.6) is 0 Å². The third kappa shape index (κ3) is 6.94. The van der Waals surface area contributed by atoms with Crippen LogP contribution in [0.1, 0.15) is 23.8 Å². The van der Waals surface area contributed by atoms with Gasteiger partial charge in [-0.15, -0.1) is 0 Å². The number of para-hydroxylation sites is 1. The smallest absolute Gasteiger partial charge is 0.409 e. The number of nitrogens with one attached hydrogen (secondary N) is 2. The molecule has 1 aliphatic heterocycles. The zero-order valence-electron chi connectivity index (χ0n) is 19.6. The van der Waals surface area contributed by atoms with E-state index in [1.54, 1.807) is 37.3 Å². The van der Waals surface area contributed by atoms with Crippen LogP contribution in [0.3, 0.4) is 0 Å². The number of hydrogen-bond acceptors (Lipinski definition) is 7. The van der Waals surface area contributed by atoms with Crippen LogP contribution < -0.4 is 10.9 Å². The molecule has 190 valence electrons. The van der Waals surface area contributed by atoms with Crippen LogP contribution in [0, 0.1) is 0 Å². The van der Waals surface area contributed by atoms with E-state index < -0.39 is 39.3 Å². The Morgan fingerprint density at radius 2 is 1.71 bits per heavy atom. The van der Waals surface area contributed by atoms with Crippen LogP contribution in [0.4, 0.5) is 4.79 Å². The molecule has 1 aliphatic rings. The number of aromatic amines is 1. The molecule has 1 aromatic heterocycles.